The van der Waals surface area contributed by atoms with Gasteiger partial charge >= 0.3 is 17.9 Å². The number of esters is 3. The number of carbonyl (C=O) groups excluding carboxylic acids is 3. The molecule has 0 aliphatic rings. The number of hydrogen-bond donors (Lipinski definition) is 0. The highest BCUT2D eigenvalue weighted by Gasteiger charge is 2.19. The van der Waals surface area contributed by atoms with Crippen LogP contribution < -0.4 is 0 Å². The molecule has 0 bridgehead atoms. The van der Waals surface area contributed by atoms with Gasteiger partial charge in [0, 0.05) is 19.3 Å². The van der Waals surface area contributed by atoms with E-state index < -0.39 is 6.10 Å². The van der Waals surface area contributed by atoms with E-state index in [2.05, 4.69) is 93.7 Å². The molecule has 0 saturated carbocycles. The second-order valence-electron chi connectivity index (χ2n) is 23.4. The number of carbonyl (C=O) groups is 3. The van der Waals surface area contributed by atoms with Crippen molar-refractivity contribution >= 4 is 17.9 Å². The number of ether oxygens (including phenoxy) is 3. The van der Waals surface area contributed by atoms with Crippen molar-refractivity contribution in [2.75, 3.05) is 13.2 Å². The average Bonchev–Trinajstić information content (AvgIpc) is 3.46. The van der Waals surface area contributed by atoms with Gasteiger partial charge in [-0.05, 0) is 96.3 Å². The third-order valence-corrected chi connectivity index (χ3v) is 15.4. The van der Waals surface area contributed by atoms with E-state index in [0.29, 0.717) is 19.3 Å². The number of unbranched alkanes of at least 4 members (excludes halogenated alkanes) is 41. The van der Waals surface area contributed by atoms with Gasteiger partial charge in [-0.2, -0.15) is 0 Å². The summed E-state index contributed by atoms with van der Waals surface area (Å²) in [6.07, 6.45) is 89.1. The van der Waals surface area contributed by atoms with E-state index in [9.17, 15) is 14.4 Å². The molecule has 0 aromatic carbocycles. The fourth-order valence-electron chi connectivity index (χ4n) is 10.2. The summed E-state index contributed by atoms with van der Waals surface area (Å²) in [5.74, 6) is -0.879. The SMILES string of the molecule is CCCCCCC/C=C\C/C=C\C/C=C\CCCCCCCCCCC(=O)OCC(COC(=O)CCCCCCCCCCCCCCCCCCCC)OC(=O)CCCCCCCC/C=C\C/C=C\C/C=C\CCCCCCC. The maximum atomic E-state index is 13.0. The van der Waals surface area contributed by atoms with E-state index in [-0.39, 0.29) is 31.1 Å². The van der Waals surface area contributed by atoms with Gasteiger partial charge in [-0.25, -0.2) is 0 Å². The van der Waals surface area contributed by atoms with Crippen molar-refractivity contribution in [1.82, 2.24) is 0 Å². The zero-order valence-corrected chi connectivity index (χ0v) is 53.3. The predicted molar refractivity (Wildman–Crippen MR) is 348 cm³/mol. The molecule has 0 rings (SSSR count). The second-order valence-corrected chi connectivity index (χ2v) is 23.4. The first-order valence-electron chi connectivity index (χ1n) is 34.9. The quantitative estimate of drug-likeness (QED) is 0.0261. The first kappa shape index (κ1) is 76.9. The van der Waals surface area contributed by atoms with Gasteiger partial charge in [-0.3, -0.25) is 14.4 Å². The van der Waals surface area contributed by atoms with Crippen LogP contribution in [0.4, 0.5) is 0 Å². The minimum atomic E-state index is -0.787. The third-order valence-electron chi connectivity index (χ3n) is 15.4. The standard InChI is InChI=1S/C74H132O6/c1-4-7-10-13-16-19-22-25-28-31-34-36-37-39-40-43-46-49-52-55-58-61-64-67-73(76)79-70-71(69-78-72(75)66-63-60-57-54-51-48-45-42-33-30-27-24-21-18-15-12-9-6-3)80-74(77)68-65-62-59-56-53-50-47-44-41-38-35-32-29-26-23-20-17-14-11-8-5-2/h22-23,25-26,31-32,34-35,37,39,41,44,71H,4-21,24,27-30,33,36,38,40,42-43,45-70H2,1-3H3/b25-22-,26-23-,34-31-,35-32-,39-37-,44-41-. The highest BCUT2D eigenvalue weighted by Crippen LogP contribution is 2.17. The Balaban J connectivity index is 4.39. The molecule has 0 aliphatic carbocycles. The van der Waals surface area contributed by atoms with Crippen molar-refractivity contribution in [3.8, 4) is 0 Å². The molecule has 0 amide bonds. The lowest BCUT2D eigenvalue weighted by Crippen LogP contribution is -2.30. The van der Waals surface area contributed by atoms with Crippen LogP contribution in [-0.4, -0.2) is 37.2 Å². The third kappa shape index (κ3) is 65.7. The molecule has 0 N–H and O–H groups in total. The highest BCUT2D eigenvalue weighted by atomic mass is 16.6. The Kier molecular flexibility index (Phi) is 65.7. The van der Waals surface area contributed by atoms with Crippen molar-refractivity contribution in [3.05, 3.63) is 72.9 Å². The molecule has 6 heteroatoms. The topological polar surface area (TPSA) is 78.9 Å². The molecule has 0 radical (unpaired) electrons. The molecule has 6 nitrogen and oxygen atoms in total. The van der Waals surface area contributed by atoms with Gasteiger partial charge in [-0.1, -0.05) is 318 Å². The molecule has 0 aromatic rings. The first-order chi connectivity index (χ1) is 39.5. The second kappa shape index (κ2) is 68.3. The van der Waals surface area contributed by atoms with Crippen molar-refractivity contribution < 1.29 is 28.6 Å². The first-order valence-corrected chi connectivity index (χ1v) is 34.9. The monoisotopic (exact) mass is 1120 g/mol. The van der Waals surface area contributed by atoms with E-state index in [1.165, 1.54) is 218 Å². The zero-order chi connectivity index (χ0) is 57.8. The molecule has 0 heterocycles. The van der Waals surface area contributed by atoms with Crippen LogP contribution >= 0.6 is 0 Å². The van der Waals surface area contributed by atoms with Crippen LogP contribution in [0.2, 0.25) is 0 Å². The van der Waals surface area contributed by atoms with Gasteiger partial charge < -0.3 is 14.2 Å². The Labute approximate surface area is 497 Å². The molecule has 0 aliphatic heterocycles. The molecule has 0 spiro atoms. The molecule has 464 valence electrons. The fourth-order valence-corrected chi connectivity index (χ4v) is 10.2. The lowest BCUT2D eigenvalue weighted by atomic mass is 10.0. The maximum Gasteiger partial charge on any atom is 0.306 e. The summed E-state index contributed by atoms with van der Waals surface area (Å²) in [5.41, 5.74) is 0. The number of hydrogen-bond acceptors (Lipinski definition) is 6. The molecular formula is C74H132O6. The summed E-state index contributed by atoms with van der Waals surface area (Å²) in [4.78, 5) is 38.5. The normalized spacial score (nSPS) is 12.5. The van der Waals surface area contributed by atoms with Crippen LogP contribution in [0.3, 0.4) is 0 Å². The molecule has 1 atom stereocenters. The van der Waals surface area contributed by atoms with E-state index in [1.54, 1.807) is 0 Å². The van der Waals surface area contributed by atoms with Gasteiger partial charge in [0.2, 0.25) is 0 Å². The van der Waals surface area contributed by atoms with Gasteiger partial charge in [0.25, 0.3) is 0 Å². The van der Waals surface area contributed by atoms with Crippen LogP contribution in [0.1, 0.15) is 361 Å². The summed E-state index contributed by atoms with van der Waals surface area (Å²) >= 11 is 0. The lowest BCUT2D eigenvalue weighted by Gasteiger charge is -2.18. The van der Waals surface area contributed by atoms with Crippen LogP contribution in [0.25, 0.3) is 0 Å². The molecule has 0 fully saturated rings. The van der Waals surface area contributed by atoms with E-state index >= 15 is 0 Å². The van der Waals surface area contributed by atoms with Crippen molar-refractivity contribution in [3.63, 3.8) is 0 Å². The maximum absolute atomic E-state index is 13.0. The van der Waals surface area contributed by atoms with Crippen LogP contribution in [0.5, 0.6) is 0 Å². The molecule has 80 heavy (non-hydrogen) atoms. The van der Waals surface area contributed by atoms with Crippen LogP contribution in [-0.2, 0) is 28.6 Å². The van der Waals surface area contributed by atoms with Crippen molar-refractivity contribution in [2.24, 2.45) is 0 Å². The summed E-state index contributed by atoms with van der Waals surface area (Å²) in [6, 6.07) is 0. The van der Waals surface area contributed by atoms with Gasteiger partial charge in [0.05, 0.1) is 0 Å². The van der Waals surface area contributed by atoms with Gasteiger partial charge in [-0.15, -0.1) is 0 Å². The average molecular weight is 1120 g/mol. The Morgan fingerprint density at radius 3 is 0.700 bits per heavy atom. The largest absolute Gasteiger partial charge is 0.462 e. The highest BCUT2D eigenvalue weighted by molar-refractivity contribution is 5.71. The summed E-state index contributed by atoms with van der Waals surface area (Å²) in [5, 5.41) is 0. The summed E-state index contributed by atoms with van der Waals surface area (Å²) in [6.45, 7) is 6.66. The van der Waals surface area contributed by atoms with Gasteiger partial charge in [0.15, 0.2) is 6.10 Å². The zero-order valence-electron chi connectivity index (χ0n) is 53.3. The molecule has 0 saturated heterocycles. The van der Waals surface area contributed by atoms with Crippen molar-refractivity contribution in [1.29, 1.82) is 0 Å². The molecule has 0 aromatic heterocycles. The summed E-state index contributed by atoms with van der Waals surface area (Å²) < 4.78 is 17.0. The van der Waals surface area contributed by atoms with Crippen LogP contribution in [0.15, 0.2) is 72.9 Å². The molecule has 1 unspecified atom stereocenters. The predicted octanol–water partition coefficient (Wildman–Crippen LogP) is 24.1. The Bertz CT molecular complexity index is 1470. The minimum absolute atomic E-state index is 0.0800. The minimum Gasteiger partial charge on any atom is -0.462 e. The van der Waals surface area contributed by atoms with Gasteiger partial charge in [0.1, 0.15) is 13.2 Å². The Morgan fingerprint density at radius 2 is 0.450 bits per heavy atom. The molecular weight excluding hydrogens is 985 g/mol. The van der Waals surface area contributed by atoms with E-state index in [4.69, 9.17) is 14.2 Å². The Morgan fingerprint density at radius 1 is 0.250 bits per heavy atom. The number of rotatable bonds is 64. The number of allylic oxidation sites excluding steroid dienone is 12. The Hall–Kier alpha value is -3.15. The van der Waals surface area contributed by atoms with Crippen molar-refractivity contribution in [2.45, 2.75) is 367 Å². The fraction of sp³-hybridized carbons (Fsp3) is 0.797. The van der Waals surface area contributed by atoms with E-state index in [1.807, 2.05) is 0 Å². The lowest BCUT2D eigenvalue weighted by molar-refractivity contribution is -0.167. The summed E-state index contributed by atoms with van der Waals surface area (Å²) in [7, 11) is 0. The van der Waals surface area contributed by atoms with Crippen LogP contribution in [0, 0.1) is 0 Å². The smallest absolute Gasteiger partial charge is 0.306 e. The van der Waals surface area contributed by atoms with E-state index in [0.717, 1.165) is 103 Å².